The number of hydrogen-bond acceptors (Lipinski definition) is 3. The lowest BCUT2D eigenvalue weighted by Crippen LogP contribution is -2.38. The molecule has 0 saturated carbocycles. The Bertz CT molecular complexity index is 388. The molecule has 0 aliphatic carbocycles. The van der Waals surface area contributed by atoms with Crippen molar-refractivity contribution in [3.05, 3.63) is 35.4 Å². The molecule has 0 aromatic heterocycles. The quantitative estimate of drug-likeness (QED) is 0.835. The van der Waals surface area contributed by atoms with Crippen LogP contribution in [0.15, 0.2) is 24.3 Å². The first-order valence-corrected chi connectivity index (χ1v) is 7.88. The summed E-state index contributed by atoms with van der Waals surface area (Å²) >= 11 is 0. The monoisotopic (exact) mass is 276 g/mol. The topological polar surface area (TPSA) is 49.5 Å². The fourth-order valence-corrected chi connectivity index (χ4v) is 2.99. The van der Waals surface area contributed by atoms with E-state index in [1.54, 1.807) is 0 Å². The average molecular weight is 276 g/mol. The Balaban J connectivity index is 1.79. The highest BCUT2D eigenvalue weighted by atomic mass is 16.3. The van der Waals surface area contributed by atoms with Crippen molar-refractivity contribution in [1.29, 1.82) is 0 Å². The van der Waals surface area contributed by atoms with Gasteiger partial charge in [-0.1, -0.05) is 31.2 Å². The maximum Gasteiger partial charge on any atom is 0.0767 e. The maximum atomic E-state index is 10.2. The molecular formula is C17H28N2O. The van der Waals surface area contributed by atoms with Gasteiger partial charge in [0.1, 0.15) is 0 Å². The predicted octanol–water partition coefficient (Wildman–Crippen LogP) is 1.97. The minimum atomic E-state index is -0.658. The number of rotatable bonds is 6. The number of hydrogen-bond donors (Lipinski definition) is 2. The van der Waals surface area contributed by atoms with Crippen molar-refractivity contribution in [3.63, 3.8) is 0 Å². The van der Waals surface area contributed by atoms with Crippen molar-refractivity contribution in [2.45, 2.75) is 44.6 Å². The molecule has 1 aliphatic heterocycles. The summed E-state index contributed by atoms with van der Waals surface area (Å²) in [4.78, 5) is 2.52. The first-order valence-electron chi connectivity index (χ1n) is 7.88. The van der Waals surface area contributed by atoms with Crippen LogP contribution in [0.4, 0.5) is 0 Å². The molecule has 1 heterocycles. The standard InChI is InChI=1S/C17H28N2O/c1-2-17(20,14-18)10-5-11-19-12-8-15-6-3-4-7-16(15)9-13-19/h3-4,6-7,20H,2,5,8-14,18H2,1H3. The lowest BCUT2D eigenvalue weighted by atomic mass is 9.95. The first-order chi connectivity index (χ1) is 9.67. The van der Waals surface area contributed by atoms with Gasteiger partial charge in [-0.05, 0) is 49.8 Å². The molecule has 0 bridgehead atoms. The van der Waals surface area contributed by atoms with Crippen molar-refractivity contribution in [2.75, 3.05) is 26.2 Å². The van der Waals surface area contributed by atoms with E-state index in [4.69, 9.17) is 5.73 Å². The van der Waals surface area contributed by atoms with E-state index in [0.717, 1.165) is 51.7 Å². The molecule has 0 fully saturated rings. The molecule has 20 heavy (non-hydrogen) atoms. The molecule has 0 radical (unpaired) electrons. The largest absolute Gasteiger partial charge is 0.389 e. The van der Waals surface area contributed by atoms with Gasteiger partial charge < -0.3 is 15.7 Å². The van der Waals surface area contributed by atoms with Crippen molar-refractivity contribution in [3.8, 4) is 0 Å². The summed E-state index contributed by atoms with van der Waals surface area (Å²) in [5.41, 5.74) is 8.00. The molecule has 3 N–H and O–H groups in total. The van der Waals surface area contributed by atoms with Gasteiger partial charge in [-0.2, -0.15) is 0 Å². The Morgan fingerprint density at radius 1 is 1.20 bits per heavy atom. The van der Waals surface area contributed by atoms with Crippen LogP contribution < -0.4 is 5.73 Å². The summed E-state index contributed by atoms with van der Waals surface area (Å²) in [6.45, 7) is 5.70. The Kier molecular flexibility index (Phi) is 5.58. The number of aliphatic hydroxyl groups is 1. The minimum absolute atomic E-state index is 0.370. The second-order valence-corrected chi connectivity index (χ2v) is 6.00. The van der Waals surface area contributed by atoms with E-state index in [-0.39, 0.29) is 0 Å². The van der Waals surface area contributed by atoms with Crippen molar-refractivity contribution in [1.82, 2.24) is 4.90 Å². The van der Waals surface area contributed by atoms with Gasteiger partial charge in [-0.3, -0.25) is 0 Å². The highest BCUT2D eigenvalue weighted by Crippen LogP contribution is 2.18. The SMILES string of the molecule is CCC(O)(CN)CCCN1CCc2ccccc2CC1. The third kappa shape index (κ3) is 4.05. The summed E-state index contributed by atoms with van der Waals surface area (Å²) in [6, 6.07) is 8.78. The smallest absolute Gasteiger partial charge is 0.0767 e. The van der Waals surface area contributed by atoms with Crippen LogP contribution in [0.1, 0.15) is 37.3 Å². The molecule has 112 valence electrons. The summed E-state index contributed by atoms with van der Waals surface area (Å²) in [6.07, 6.45) is 4.87. The zero-order chi connectivity index (χ0) is 14.4. The van der Waals surface area contributed by atoms with Gasteiger partial charge in [0.05, 0.1) is 5.60 Å². The molecule has 0 spiro atoms. The maximum absolute atomic E-state index is 10.2. The Labute approximate surface area is 122 Å². The molecular weight excluding hydrogens is 248 g/mol. The zero-order valence-electron chi connectivity index (χ0n) is 12.6. The second kappa shape index (κ2) is 7.21. The third-order valence-electron chi connectivity index (χ3n) is 4.67. The van der Waals surface area contributed by atoms with Crippen molar-refractivity contribution >= 4 is 0 Å². The highest BCUT2D eigenvalue weighted by Gasteiger charge is 2.22. The van der Waals surface area contributed by atoms with Crippen LogP contribution in [0.25, 0.3) is 0 Å². The van der Waals surface area contributed by atoms with Crippen LogP contribution in [0.3, 0.4) is 0 Å². The number of fused-ring (bicyclic) bond motifs is 1. The van der Waals surface area contributed by atoms with E-state index in [9.17, 15) is 5.11 Å². The molecule has 3 heteroatoms. The van der Waals surface area contributed by atoms with Crippen LogP contribution in [0.2, 0.25) is 0 Å². The molecule has 1 aromatic rings. The summed E-state index contributed by atoms with van der Waals surface area (Å²) in [7, 11) is 0. The van der Waals surface area contributed by atoms with Gasteiger partial charge in [-0.25, -0.2) is 0 Å². The van der Waals surface area contributed by atoms with E-state index in [2.05, 4.69) is 29.2 Å². The van der Waals surface area contributed by atoms with Gasteiger partial charge >= 0.3 is 0 Å². The van der Waals surface area contributed by atoms with Crippen molar-refractivity contribution < 1.29 is 5.11 Å². The molecule has 2 rings (SSSR count). The molecule has 0 saturated heterocycles. The van der Waals surface area contributed by atoms with Crippen LogP contribution >= 0.6 is 0 Å². The molecule has 3 nitrogen and oxygen atoms in total. The van der Waals surface area contributed by atoms with Crippen LogP contribution in [0.5, 0.6) is 0 Å². The highest BCUT2D eigenvalue weighted by molar-refractivity contribution is 5.28. The van der Waals surface area contributed by atoms with Crippen LogP contribution in [-0.2, 0) is 12.8 Å². The van der Waals surface area contributed by atoms with Gasteiger partial charge in [0.15, 0.2) is 0 Å². The number of benzene rings is 1. The fraction of sp³-hybridized carbons (Fsp3) is 0.647. The van der Waals surface area contributed by atoms with Crippen molar-refractivity contribution in [2.24, 2.45) is 5.73 Å². The predicted molar refractivity (Wildman–Crippen MR) is 83.8 cm³/mol. The summed E-state index contributed by atoms with van der Waals surface area (Å²) < 4.78 is 0. The number of nitrogens with zero attached hydrogens (tertiary/aromatic N) is 1. The molecule has 1 atom stereocenters. The normalized spacial score (nSPS) is 19.1. The Morgan fingerprint density at radius 2 is 1.80 bits per heavy atom. The summed E-state index contributed by atoms with van der Waals surface area (Å²) in [5.74, 6) is 0. The molecule has 1 unspecified atom stereocenters. The van der Waals surface area contributed by atoms with Crippen LogP contribution in [-0.4, -0.2) is 41.8 Å². The lowest BCUT2D eigenvalue weighted by Gasteiger charge is -2.27. The third-order valence-corrected chi connectivity index (χ3v) is 4.67. The van der Waals surface area contributed by atoms with Gasteiger partial charge in [-0.15, -0.1) is 0 Å². The van der Waals surface area contributed by atoms with Crippen LogP contribution in [0, 0.1) is 0 Å². The van der Waals surface area contributed by atoms with Gasteiger partial charge in [0.2, 0.25) is 0 Å². The van der Waals surface area contributed by atoms with Gasteiger partial charge in [0.25, 0.3) is 0 Å². The molecule has 0 amide bonds. The second-order valence-electron chi connectivity index (χ2n) is 6.00. The lowest BCUT2D eigenvalue weighted by molar-refractivity contribution is 0.0317. The zero-order valence-corrected chi connectivity index (χ0v) is 12.6. The Morgan fingerprint density at radius 3 is 2.30 bits per heavy atom. The molecule has 1 aliphatic rings. The summed E-state index contributed by atoms with van der Waals surface area (Å²) in [5, 5.41) is 10.2. The van der Waals surface area contributed by atoms with E-state index in [1.807, 2.05) is 6.92 Å². The number of nitrogens with two attached hydrogens (primary N) is 1. The van der Waals surface area contributed by atoms with E-state index in [0.29, 0.717) is 6.54 Å². The van der Waals surface area contributed by atoms with E-state index < -0.39 is 5.60 Å². The fourth-order valence-electron chi connectivity index (χ4n) is 2.99. The average Bonchev–Trinajstić information content (AvgIpc) is 2.70. The first kappa shape index (κ1) is 15.5. The Hall–Kier alpha value is -0.900. The molecule has 1 aromatic carbocycles. The van der Waals surface area contributed by atoms with Gasteiger partial charge in [0, 0.05) is 19.6 Å². The van der Waals surface area contributed by atoms with E-state index >= 15 is 0 Å². The van der Waals surface area contributed by atoms with E-state index in [1.165, 1.54) is 11.1 Å². The minimum Gasteiger partial charge on any atom is -0.389 e.